The summed E-state index contributed by atoms with van der Waals surface area (Å²) in [7, 11) is -3.42. The minimum absolute atomic E-state index is 0.0157. The number of rotatable bonds is 3. The van der Waals surface area contributed by atoms with Gasteiger partial charge in [0.15, 0.2) is 9.84 Å². The van der Waals surface area contributed by atoms with Gasteiger partial charge in [-0.05, 0) is 45.0 Å². The minimum Gasteiger partial charge on any atom is -0.444 e. The summed E-state index contributed by atoms with van der Waals surface area (Å²) in [5.41, 5.74) is -0.139. The molecule has 1 amide bonds. The van der Waals surface area contributed by atoms with Crippen LogP contribution in [0.5, 0.6) is 0 Å². The predicted molar refractivity (Wildman–Crippen MR) is 84.5 cm³/mol. The van der Waals surface area contributed by atoms with Crippen LogP contribution in [0.1, 0.15) is 26.3 Å². The molecule has 0 aromatic heterocycles. The Morgan fingerprint density at radius 1 is 1.30 bits per heavy atom. The molecule has 23 heavy (non-hydrogen) atoms. The molecular weight excluding hydrogens is 316 g/mol. The smallest absolute Gasteiger partial charge is 0.410 e. The van der Waals surface area contributed by atoms with Crippen molar-refractivity contribution in [3.63, 3.8) is 0 Å². The Bertz CT molecular complexity index is 721. The van der Waals surface area contributed by atoms with Crippen LogP contribution in [0.2, 0.25) is 0 Å². The van der Waals surface area contributed by atoms with Crippen molar-refractivity contribution in [3.8, 4) is 6.07 Å². The normalized spacial score (nSPS) is 15.7. The molecule has 1 heterocycles. The molecule has 1 aliphatic rings. The molecule has 124 valence electrons. The van der Waals surface area contributed by atoms with Gasteiger partial charge in [0, 0.05) is 19.0 Å². The van der Waals surface area contributed by atoms with E-state index in [-0.39, 0.29) is 16.6 Å². The lowest BCUT2D eigenvalue weighted by Gasteiger charge is -2.39. The SMILES string of the molecule is CC(C)(C)OC(=O)N1CC(CS(=O)(=O)c2ccc(C#N)cc2)C1. The van der Waals surface area contributed by atoms with Crippen molar-refractivity contribution < 1.29 is 17.9 Å². The maximum Gasteiger partial charge on any atom is 0.410 e. The Balaban J connectivity index is 1.91. The maximum atomic E-state index is 12.3. The van der Waals surface area contributed by atoms with E-state index in [0.29, 0.717) is 18.7 Å². The lowest BCUT2D eigenvalue weighted by molar-refractivity contribution is 0.00191. The van der Waals surface area contributed by atoms with Crippen molar-refractivity contribution in [2.75, 3.05) is 18.8 Å². The highest BCUT2D eigenvalue weighted by molar-refractivity contribution is 7.91. The zero-order valence-corrected chi connectivity index (χ0v) is 14.3. The largest absolute Gasteiger partial charge is 0.444 e. The van der Waals surface area contributed by atoms with E-state index in [2.05, 4.69) is 0 Å². The molecule has 1 aromatic rings. The first-order chi connectivity index (χ1) is 10.6. The van der Waals surface area contributed by atoms with Gasteiger partial charge in [-0.25, -0.2) is 13.2 Å². The van der Waals surface area contributed by atoms with E-state index >= 15 is 0 Å². The summed E-state index contributed by atoms with van der Waals surface area (Å²) in [6, 6.07) is 7.81. The van der Waals surface area contributed by atoms with Crippen molar-refractivity contribution in [1.82, 2.24) is 4.90 Å². The van der Waals surface area contributed by atoms with E-state index in [0.717, 1.165) is 0 Å². The minimum atomic E-state index is -3.42. The summed E-state index contributed by atoms with van der Waals surface area (Å²) >= 11 is 0. The molecule has 1 saturated heterocycles. The fourth-order valence-corrected chi connectivity index (χ4v) is 3.87. The van der Waals surface area contributed by atoms with Crippen LogP contribution >= 0.6 is 0 Å². The van der Waals surface area contributed by atoms with Gasteiger partial charge in [-0.15, -0.1) is 0 Å². The standard InChI is InChI=1S/C16H20N2O4S/c1-16(2,3)22-15(19)18-9-13(10-18)11-23(20,21)14-6-4-12(8-17)5-7-14/h4-7,13H,9-11H2,1-3H3. The molecule has 0 atom stereocenters. The molecule has 0 saturated carbocycles. The van der Waals surface area contributed by atoms with Gasteiger partial charge in [-0.3, -0.25) is 0 Å². The van der Waals surface area contributed by atoms with E-state index in [1.807, 2.05) is 6.07 Å². The third-order valence-corrected chi connectivity index (χ3v) is 5.31. The van der Waals surface area contributed by atoms with E-state index in [1.54, 1.807) is 20.8 Å². The molecule has 7 heteroatoms. The highest BCUT2D eigenvalue weighted by atomic mass is 32.2. The number of hydrogen-bond acceptors (Lipinski definition) is 5. The van der Waals surface area contributed by atoms with Crippen molar-refractivity contribution >= 4 is 15.9 Å². The fraction of sp³-hybridized carbons (Fsp3) is 0.500. The first-order valence-corrected chi connectivity index (χ1v) is 8.97. The fourth-order valence-electron chi connectivity index (χ4n) is 2.29. The van der Waals surface area contributed by atoms with Crippen LogP contribution in [0.3, 0.4) is 0 Å². The number of nitrogens with zero attached hydrogens (tertiary/aromatic N) is 2. The Morgan fingerprint density at radius 3 is 2.35 bits per heavy atom. The van der Waals surface area contributed by atoms with E-state index in [1.165, 1.54) is 29.2 Å². The molecule has 0 unspecified atom stereocenters. The van der Waals surface area contributed by atoms with Crippen molar-refractivity contribution in [2.45, 2.75) is 31.3 Å². The highest BCUT2D eigenvalue weighted by Crippen LogP contribution is 2.23. The van der Waals surface area contributed by atoms with Crippen LogP contribution in [0.15, 0.2) is 29.2 Å². The van der Waals surface area contributed by atoms with Gasteiger partial charge in [0.2, 0.25) is 0 Å². The highest BCUT2D eigenvalue weighted by Gasteiger charge is 2.36. The van der Waals surface area contributed by atoms with Crippen LogP contribution in [0.25, 0.3) is 0 Å². The molecule has 0 radical (unpaired) electrons. The molecule has 1 fully saturated rings. The number of carbonyl (C=O) groups excluding carboxylic acids is 1. The van der Waals surface area contributed by atoms with E-state index in [9.17, 15) is 13.2 Å². The quantitative estimate of drug-likeness (QED) is 0.844. The molecule has 0 aliphatic carbocycles. The molecule has 6 nitrogen and oxygen atoms in total. The van der Waals surface area contributed by atoms with Gasteiger partial charge in [-0.2, -0.15) is 5.26 Å². The van der Waals surface area contributed by atoms with E-state index in [4.69, 9.17) is 10.00 Å². The zero-order chi connectivity index (χ0) is 17.3. The lowest BCUT2D eigenvalue weighted by Crippen LogP contribution is -2.53. The van der Waals surface area contributed by atoms with Crippen LogP contribution in [0.4, 0.5) is 4.79 Å². The molecule has 1 aliphatic heterocycles. The summed E-state index contributed by atoms with van der Waals surface area (Å²) in [5.74, 6) is -0.110. The van der Waals surface area contributed by atoms with Crippen molar-refractivity contribution in [3.05, 3.63) is 29.8 Å². The topological polar surface area (TPSA) is 87.5 Å². The third-order valence-electron chi connectivity index (χ3n) is 3.41. The predicted octanol–water partition coefficient (Wildman–Crippen LogP) is 2.20. The van der Waals surface area contributed by atoms with E-state index < -0.39 is 21.5 Å². The van der Waals surface area contributed by atoms with Crippen LogP contribution in [0, 0.1) is 17.2 Å². The second-order valence-corrected chi connectivity index (χ2v) is 8.70. The van der Waals surface area contributed by atoms with Crippen molar-refractivity contribution in [1.29, 1.82) is 5.26 Å². The molecule has 2 rings (SSSR count). The first kappa shape index (κ1) is 17.3. The Hall–Kier alpha value is -2.07. The van der Waals surface area contributed by atoms with Crippen LogP contribution in [-0.4, -0.2) is 43.9 Å². The van der Waals surface area contributed by atoms with Gasteiger partial charge in [0.05, 0.1) is 22.3 Å². The van der Waals surface area contributed by atoms with Crippen LogP contribution in [-0.2, 0) is 14.6 Å². The van der Waals surface area contributed by atoms with Gasteiger partial charge < -0.3 is 9.64 Å². The Labute approximate surface area is 136 Å². The average Bonchev–Trinajstić information content (AvgIpc) is 2.40. The lowest BCUT2D eigenvalue weighted by atomic mass is 10.0. The summed E-state index contributed by atoms with van der Waals surface area (Å²) in [5, 5.41) is 8.74. The Kier molecular flexibility index (Phi) is 4.66. The number of amides is 1. The zero-order valence-electron chi connectivity index (χ0n) is 13.4. The molecule has 0 spiro atoms. The van der Waals surface area contributed by atoms with Gasteiger partial charge in [0.1, 0.15) is 5.60 Å². The number of nitriles is 1. The van der Waals surface area contributed by atoms with Gasteiger partial charge >= 0.3 is 6.09 Å². The summed E-state index contributed by atoms with van der Waals surface area (Å²) in [6.07, 6.45) is -0.412. The summed E-state index contributed by atoms with van der Waals surface area (Å²) in [6.45, 7) is 6.13. The molecule has 0 bridgehead atoms. The Morgan fingerprint density at radius 2 is 1.87 bits per heavy atom. The number of ether oxygens (including phenoxy) is 1. The number of hydrogen-bond donors (Lipinski definition) is 0. The molecule has 1 aromatic carbocycles. The second kappa shape index (κ2) is 6.20. The molecular formula is C16H20N2O4S. The molecule has 0 N–H and O–H groups in total. The number of carbonyl (C=O) groups is 1. The number of likely N-dealkylation sites (tertiary alicyclic amines) is 1. The second-order valence-electron chi connectivity index (χ2n) is 6.67. The first-order valence-electron chi connectivity index (χ1n) is 7.31. The average molecular weight is 336 g/mol. The number of benzene rings is 1. The van der Waals surface area contributed by atoms with Gasteiger partial charge in [-0.1, -0.05) is 0 Å². The third kappa shape index (κ3) is 4.45. The summed E-state index contributed by atoms with van der Waals surface area (Å²) < 4.78 is 29.9. The maximum absolute atomic E-state index is 12.3. The van der Waals surface area contributed by atoms with Crippen molar-refractivity contribution in [2.24, 2.45) is 5.92 Å². The monoisotopic (exact) mass is 336 g/mol. The van der Waals surface area contributed by atoms with Crippen LogP contribution < -0.4 is 0 Å². The van der Waals surface area contributed by atoms with Gasteiger partial charge in [0.25, 0.3) is 0 Å². The summed E-state index contributed by atoms with van der Waals surface area (Å²) in [4.78, 5) is 13.5. The number of sulfone groups is 1.